The summed E-state index contributed by atoms with van der Waals surface area (Å²) in [7, 11) is 0. The first kappa shape index (κ1) is 11.6. The quantitative estimate of drug-likeness (QED) is 0.686. The monoisotopic (exact) mass is 212 g/mol. The van der Waals surface area contributed by atoms with E-state index in [2.05, 4.69) is 15.5 Å². The Morgan fingerprint density at radius 1 is 1.53 bits per heavy atom. The highest BCUT2D eigenvalue weighted by Gasteiger charge is 2.37. The largest absolute Gasteiger partial charge is 0.464 e. The molecule has 0 aliphatic rings. The number of hydrogen-bond donors (Lipinski definition) is 0. The highest BCUT2D eigenvalue weighted by Crippen LogP contribution is 2.21. The molecule has 1 heterocycles. The number of aryl methyl sites for hydroxylation is 1. The molecule has 1 aromatic rings. The van der Waals surface area contributed by atoms with E-state index < -0.39 is 5.54 Å². The Labute approximate surface area is 88.6 Å². The Kier molecular flexibility index (Phi) is 3.39. The van der Waals surface area contributed by atoms with Gasteiger partial charge >= 0.3 is 5.97 Å². The number of esters is 1. The first-order valence-electron chi connectivity index (χ1n) is 4.99. The molecular weight excluding hydrogens is 196 g/mol. The van der Waals surface area contributed by atoms with Crippen molar-refractivity contribution in [3.63, 3.8) is 0 Å². The molecule has 1 rings (SSSR count). The zero-order valence-electron chi connectivity index (χ0n) is 9.52. The smallest absolute Gasteiger partial charge is 0.333 e. The lowest BCUT2D eigenvalue weighted by molar-refractivity contribution is -0.154. The number of hydrogen-bond acceptors (Lipinski definition) is 5. The maximum atomic E-state index is 11.8. The molecule has 0 saturated carbocycles. The number of carbonyl (C=O) groups is 1. The zero-order chi connectivity index (χ0) is 11.5. The molecule has 0 N–H and O–H groups in total. The third-order valence-electron chi connectivity index (χ3n) is 2.50. The van der Waals surface area contributed by atoms with Gasteiger partial charge in [0.25, 0.3) is 0 Å². The molecule has 0 bridgehead atoms. The van der Waals surface area contributed by atoms with Crippen molar-refractivity contribution in [1.82, 2.24) is 20.2 Å². The van der Waals surface area contributed by atoms with Gasteiger partial charge in [0.1, 0.15) is 5.82 Å². The van der Waals surface area contributed by atoms with Crippen LogP contribution < -0.4 is 0 Å². The van der Waals surface area contributed by atoms with Crippen LogP contribution in [-0.2, 0) is 15.1 Å². The maximum Gasteiger partial charge on any atom is 0.333 e. The summed E-state index contributed by atoms with van der Waals surface area (Å²) in [4.78, 5) is 11.8. The Hall–Kier alpha value is -1.46. The molecule has 0 aromatic carbocycles. The molecular formula is C9H16N4O2. The van der Waals surface area contributed by atoms with E-state index in [1.54, 1.807) is 20.8 Å². The van der Waals surface area contributed by atoms with Gasteiger partial charge in [-0.2, -0.15) is 0 Å². The normalized spacial score (nSPS) is 14.7. The van der Waals surface area contributed by atoms with Crippen molar-refractivity contribution in [2.24, 2.45) is 0 Å². The van der Waals surface area contributed by atoms with E-state index in [4.69, 9.17) is 4.74 Å². The van der Waals surface area contributed by atoms with Gasteiger partial charge in [0.15, 0.2) is 5.54 Å². The molecule has 0 spiro atoms. The van der Waals surface area contributed by atoms with E-state index >= 15 is 0 Å². The van der Waals surface area contributed by atoms with E-state index in [1.807, 2.05) is 6.92 Å². The second kappa shape index (κ2) is 4.37. The standard InChI is InChI=1S/C9H16N4O2/c1-5-9(4,8(14)15-6-2)13-7(3)10-11-12-13/h5-6H2,1-4H3. The van der Waals surface area contributed by atoms with Crippen LogP contribution >= 0.6 is 0 Å². The second-order valence-electron chi connectivity index (χ2n) is 3.49. The van der Waals surface area contributed by atoms with Crippen LogP contribution in [0.5, 0.6) is 0 Å². The predicted molar refractivity (Wildman–Crippen MR) is 53.1 cm³/mol. The Bertz CT molecular complexity index is 350. The summed E-state index contributed by atoms with van der Waals surface area (Å²) in [6, 6.07) is 0. The van der Waals surface area contributed by atoms with Gasteiger partial charge in [-0.15, -0.1) is 5.10 Å². The number of nitrogens with zero attached hydrogens (tertiary/aromatic N) is 4. The number of rotatable bonds is 4. The molecule has 1 atom stereocenters. The van der Waals surface area contributed by atoms with Crippen LogP contribution in [0.15, 0.2) is 0 Å². The van der Waals surface area contributed by atoms with E-state index in [0.29, 0.717) is 18.9 Å². The number of aromatic nitrogens is 4. The van der Waals surface area contributed by atoms with E-state index in [1.165, 1.54) is 4.68 Å². The van der Waals surface area contributed by atoms with Gasteiger partial charge in [0.2, 0.25) is 0 Å². The minimum absolute atomic E-state index is 0.303. The van der Waals surface area contributed by atoms with Crippen molar-refractivity contribution >= 4 is 5.97 Å². The predicted octanol–water partition coefficient (Wildman–Crippen LogP) is 0.670. The van der Waals surface area contributed by atoms with Gasteiger partial charge in [0, 0.05) is 0 Å². The van der Waals surface area contributed by atoms with Crippen LogP contribution in [0.2, 0.25) is 0 Å². The SMILES string of the molecule is CCOC(=O)C(C)(CC)n1nnnc1C. The zero-order valence-corrected chi connectivity index (χ0v) is 9.52. The van der Waals surface area contributed by atoms with Gasteiger partial charge in [0.05, 0.1) is 6.61 Å². The summed E-state index contributed by atoms with van der Waals surface area (Å²) >= 11 is 0. The minimum atomic E-state index is -0.816. The third-order valence-corrected chi connectivity index (χ3v) is 2.50. The highest BCUT2D eigenvalue weighted by molar-refractivity contribution is 5.78. The fourth-order valence-electron chi connectivity index (χ4n) is 1.35. The Morgan fingerprint density at radius 3 is 2.60 bits per heavy atom. The van der Waals surface area contributed by atoms with Crippen LogP contribution in [0.25, 0.3) is 0 Å². The van der Waals surface area contributed by atoms with Crippen LogP contribution in [0.4, 0.5) is 0 Å². The Morgan fingerprint density at radius 2 is 2.20 bits per heavy atom. The van der Waals surface area contributed by atoms with Crippen LogP contribution in [-0.4, -0.2) is 32.8 Å². The summed E-state index contributed by atoms with van der Waals surface area (Å²) < 4.78 is 6.53. The van der Waals surface area contributed by atoms with Gasteiger partial charge < -0.3 is 4.74 Å². The van der Waals surface area contributed by atoms with Crippen LogP contribution in [0, 0.1) is 6.92 Å². The Balaban J connectivity index is 3.05. The van der Waals surface area contributed by atoms with E-state index in [-0.39, 0.29) is 5.97 Å². The fraction of sp³-hybridized carbons (Fsp3) is 0.778. The summed E-state index contributed by atoms with van der Waals surface area (Å²) in [6.45, 7) is 7.57. The van der Waals surface area contributed by atoms with Crippen molar-refractivity contribution in [3.8, 4) is 0 Å². The molecule has 0 amide bonds. The van der Waals surface area contributed by atoms with Crippen molar-refractivity contribution < 1.29 is 9.53 Å². The van der Waals surface area contributed by atoms with Gasteiger partial charge in [-0.3, -0.25) is 0 Å². The highest BCUT2D eigenvalue weighted by atomic mass is 16.5. The molecule has 0 aliphatic heterocycles. The number of carbonyl (C=O) groups excluding carboxylic acids is 1. The molecule has 6 nitrogen and oxygen atoms in total. The average molecular weight is 212 g/mol. The molecule has 6 heteroatoms. The van der Waals surface area contributed by atoms with Crippen LogP contribution in [0.1, 0.15) is 33.0 Å². The molecule has 0 radical (unpaired) electrons. The third kappa shape index (κ3) is 1.98. The lowest BCUT2D eigenvalue weighted by atomic mass is 9.99. The summed E-state index contributed by atoms with van der Waals surface area (Å²) in [5.41, 5.74) is -0.816. The van der Waals surface area contributed by atoms with Gasteiger partial charge in [-0.1, -0.05) is 6.92 Å². The lowest BCUT2D eigenvalue weighted by Crippen LogP contribution is -2.41. The van der Waals surface area contributed by atoms with E-state index in [9.17, 15) is 4.79 Å². The van der Waals surface area contributed by atoms with Crippen molar-refractivity contribution in [2.75, 3.05) is 6.61 Å². The fourth-order valence-corrected chi connectivity index (χ4v) is 1.35. The first-order chi connectivity index (χ1) is 7.06. The molecule has 0 fully saturated rings. The molecule has 0 saturated heterocycles. The molecule has 15 heavy (non-hydrogen) atoms. The molecule has 84 valence electrons. The summed E-state index contributed by atoms with van der Waals surface area (Å²) in [6.07, 6.45) is 0.581. The topological polar surface area (TPSA) is 69.9 Å². The number of ether oxygens (including phenoxy) is 1. The van der Waals surface area contributed by atoms with Crippen molar-refractivity contribution in [2.45, 2.75) is 39.7 Å². The maximum absolute atomic E-state index is 11.8. The van der Waals surface area contributed by atoms with Gasteiger partial charge in [-0.05, 0) is 37.6 Å². The van der Waals surface area contributed by atoms with Crippen molar-refractivity contribution in [1.29, 1.82) is 0 Å². The molecule has 1 unspecified atom stereocenters. The second-order valence-corrected chi connectivity index (χ2v) is 3.49. The number of tetrazole rings is 1. The van der Waals surface area contributed by atoms with E-state index in [0.717, 1.165) is 0 Å². The first-order valence-corrected chi connectivity index (χ1v) is 4.99. The van der Waals surface area contributed by atoms with Crippen molar-refractivity contribution in [3.05, 3.63) is 5.82 Å². The molecule has 0 aliphatic carbocycles. The summed E-state index contributed by atoms with van der Waals surface area (Å²) in [5, 5.41) is 11.1. The lowest BCUT2D eigenvalue weighted by Gasteiger charge is -2.25. The average Bonchev–Trinajstić information content (AvgIpc) is 2.64. The van der Waals surface area contributed by atoms with Gasteiger partial charge in [-0.25, -0.2) is 9.48 Å². The van der Waals surface area contributed by atoms with Crippen LogP contribution in [0.3, 0.4) is 0 Å². The summed E-state index contributed by atoms with van der Waals surface area (Å²) in [5.74, 6) is 0.301. The molecule has 1 aromatic heterocycles. The minimum Gasteiger partial charge on any atom is -0.464 e.